The molecule has 3 fully saturated rings. The van der Waals surface area contributed by atoms with E-state index in [1.165, 1.54) is 26.5 Å². The van der Waals surface area contributed by atoms with E-state index < -0.39 is 92.2 Å². The quantitative estimate of drug-likeness (QED) is 0.231. The maximum absolute atomic E-state index is 14.9. The van der Waals surface area contributed by atoms with Crippen LogP contribution in [0.4, 0.5) is 22.4 Å². The monoisotopic (exact) mass is 841 g/mol. The fourth-order valence-corrected chi connectivity index (χ4v) is 8.76. The number of rotatable bonds is 10. The van der Waals surface area contributed by atoms with Crippen LogP contribution in [-0.2, 0) is 33.9 Å². The molecule has 318 valence electrons. The Kier molecular flexibility index (Phi) is 12.2. The van der Waals surface area contributed by atoms with Gasteiger partial charge in [0.1, 0.15) is 23.7 Å². The van der Waals surface area contributed by atoms with Crippen molar-refractivity contribution < 1.29 is 64.1 Å². The molecule has 3 heterocycles. The lowest BCUT2D eigenvalue weighted by atomic mass is 9.92. The number of alkyl halides is 3. The van der Waals surface area contributed by atoms with Crippen LogP contribution >= 0.6 is 0 Å². The number of carbonyl (C=O) groups excluding carboxylic acids is 4. The van der Waals surface area contributed by atoms with Crippen molar-refractivity contribution in [1.29, 1.82) is 0 Å². The van der Waals surface area contributed by atoms with Gasteiger partial charge >= 0.3 is 12.3 Å². The second-order valence-corrected chi connectivity index (χ2v) is 17.7. The van der Waals surface area contributed by atoms with Gasteiger partial charge in [-0.2, -0.15) is 13.2 Å². The van der Waals surface area contributed by atoms with E-state index in [0.717, 1.165) is 11.0 Å². The summed E-state index contributed by atoms with van der Waals surface area (Å²) in [5.41, 5.74) is -4.62. The molecule has 6 atom stereocenters. The van der Waals surface area contributed by atoms with Crippen LogP contribution in [-0.4, -0.2) is 110 Å². The Bertz CT molecular complexity index is 2060. The molecule has 20 heteroatoms. The minimum absolute atomic E-state index is 0.0314. The van der Waals surface area contributed by atoms with E-state index in [1.54, 1.807) is 12.1 Å². The highest BCUT2D eigenvalue weighted by Gasteiger charge is 2.62. The Morgan fingerprint density at radius 3 is 2.52 bits per heavy atom. The van der Waals surface area contributed by atoms with Crippen LogP contribution < -0.4 is 24.8 Å². The highest BCUT2D eigenvalue weighted by Crippen LogP contribution is 2.46. The minimum Gasteiger partial charge on any atom is -0.494 e. The highest BCUT2D eigenvalue weighted by molar-refractivity contribution is 7.91. The van der Waals surface area contributed by atoms with Crippen molar-refractivity contribution in [2.24, 2.45) is 11.8 Å². The standard InChI is InChI=1S/C38H47F4N5O10S/c1-36(2,38(40,41)42)57-35(51)44-30-22(20-54-3)9-7-5-6-8-10-23-18-37(23,34(50)46-58(52,53)25-11-12-25)45-31(48)28-16-24(19-47(28)33(30)49)56-32-26-17-27(39)29(55-4)15-21(26)13-14-43-32/h8,10,13-15,17,22-25,28,30H,5-7,9,11-12,16,18-20H2,1-4H3,(H,44,51)(H,45,48)(H,46,50)/b10-8-/t22-,23+,24+,28-,30-,37+/m0/s1. The van der Waals surface area contributed by atoms with Gasteiger partial charge in [0.15, 0.2) is 11.6 Å². The van der Waals surface area contributed by atoms with E-state index in [2.05, 4.69) is 20.3 Å². The van der Waals surface area contributed by atoms with Crippen LogP contribution in [0.2, 0.25) is 0 Å². The predicted molar refractivity (Wildman–Crippen MR) is 198 cm³/mol. The molecule has 2 aliphatic carbocycles. The summed E-state index contributed by atoms with van der Waals surface area (Å²) in [6, 6.07) is 1.20. The van der Waals surface area contributed by atoms with Gasteiger partial charge in [0.25, 0.3) is 5.91 Å². The van der Waals surface area contributed by atoms with Gasteiger partial charge in [0.05, 0.1) is 25.5 Å². The van der Waals surface area contributed by atoms with Crippen LogP contribution in [0.25, 0.3) is 10.8 Å². The first-order valence-electron chi connectivity index (χ1n) is 19.0. The fourth-order valence-electron chi connectivity index (χ4n) is 7.39. The normalized spacial score (nSPS) is 27.6. The summed E-state index contributed by atoms with van der Waals surface area (Å²) >= 11 is 0. The molecule has 1 saturated heterocycles. The maximum Gasteiger partial charge on any atom is 0.427 e. The van der Waals surface area contributed by atoms with Crippen LogP contribution in [0.1, 0.15) is 65.2 Å². The molecule has 2 aromatic rings. The number of amides is 4. The number of ether oxygens (including phenoxy) is 4. The van der Waals surface area contributed by atoms with Gasteiger partial charge in [-0.25, -0.2) is 22.6 Å². The van der Waals surface area contributed by atoms with E-state index in [4.69, 9.17) is 18.9 Å². The number of nitrogens with zero attached hydrogens (tertiary/aromatic N) is 2. The van der Waals surface area contributed by atoms with Crippen molar-refractivity contribution in [3.63, 3.8) is 0 Å². The van der Waals surface area contributed by atoms with Crippen LogP contribution in [0, 0.1) is 17.7 Å². The molecule has 0 bridgehead atoms. The summed E-state index contributed by atoms with van der Waals surface area (Å²) in [5.74, 6) is -4.84. The topological polar surface area (TPSA) is 192 Å². The lowest BCUT2D eigenvalue weighted by molar-refractivity contribution is -0.244. The molecule has 4 aliphatic rings. The first-order valence-corrected chi connectivity index (χ1v) is 20.5. The number of nitrogens with one attached hydrogen (secondary N) is 3. The van der Waals surface area contributed by atoms with Gasteiger partial charge in [-0.15, -0.1) is 0 Å². The summed E-state index contributed by atoms with van der Waals surface area (Å²) in [5, 5.41) is 5.07. The number of halogens is 4. The molecule has 4 amide bonds. The van der Waals surface area contributed by atoms with Crippen molar-refractivity contribution >= 4 is 44.6 Å². The first-order chi connectivity index (χ1) is 27.3. The number of alkyl carbamates (subject to hydrolysis) is 1. The fraction of sp³-hybridized carbons (Fsp3) is 0.605. The third-order valence-electron chi connectivity index (χ3n) is 11.1. The van der Waals surface area contributed by atoms with Crippen LogP contribution in [0.15, 0.2) is 36.5 Å². The number of hydrogen-bond acceptors (Lipinski definition) is 11. The number of benzene rings is 1. The number of hydrogen-bond donors (Lipinski definition) is 3. The van der Waals surface area contributed by atoms with E-state index in [9.17, 15) is 45.2 Å². The zero-order valence-electron chi connectivity index (χ0n) is 32.4. The molecule has 0 spiro atoms. The Hall–Kier alpha value is -4.72. The Morgan fingerprint density at radius 1 is 1.10 bits per heavy atom. The van der Waals surface area contributed by atoms with Gasteiger partial charge in [-0.05, 0) is 76.0 Å². The molecule has 0 radical (unpaired) electrons. The Balaban J connectivity index is 1.36. The van der Waals surface area contributed by atoms with Crippen molar-refractivity contribution in [2.45, 2.75) is 106 Å². The maximum atomic E-state index is 14.9. The van der Waals surface area contributed by atoms with Crippen molar-refractivity contribution in [2.75, 3.05) is 27.4 Å². The second-order valence-electron chi connectivity index (χ2n) is 15.7. The summed E-state index contributed by atoms with van der Waals surface area (Å²) in [4.78, 5) is 61.5. The van der Waals surface area contributed by atoms with Gasteiger partial charge < -0.3 is 34.5 Å². The number of aromatic nitrogens is 1. The average Bonchev–Trinajstić information content (AvgIpc) is 4.07. The predicted octanol–water partition coefficient (Wildman–Crippen LogP) is 4.04. The zero-order valence-corrected chi connectivity index (χ0v) is 33.2. The Labute approximate surface area is 332 Å². The molecule has 0 unspecified atom stereocenters. The molecule has 2 saturated carbocycles. The van der Waals surface area contributed by atoms with Crippen molar-refractivity contribution in [3.8, 4) is 11.6 Å². The molecule has 1 aromatic carbocycles. The van der Waals surface area contributed by atoms with Crippen LogP contribution in [0.3, 0.4) is 0 Å². The number of allylic oxidation sites excluding steroid dienone is 1. The van der Waals surface area contributed by atoms with Crippen molar-refractivity contribution in [3.05, 3.63) is 42.4 Å². The smallest absolute Gasteiger partial charge is 0.427 e. The lowest BCUT2D eigenvalue weighted by Gasteiger charge is -2.34. The number of methoxy groups -OCH3 is 2. The molecule has 6 rings (SSSR count). The second kappa shape index (κ2) is 16.5. The summed E-state index contributed by atoms with van der Waals surface area (Å²) in [6.45, 7) is 0.872. The third-order valence-corrected chi connectivity index (χ3v) is 12.9. The lowest BCUT2D eigenvalue weighted by Crippen LogP contribution is -2.60. The molecule has 2 aliphatic heterocycles. The average molecular weight is 842 g/mol. The first kappa shape index (κ1) is 42.9. The SMILES string of the molecule is COC[C@@H]1CCCC/C=C\[C@@H]2C[C@@]2(C(=O)NS(=O)(=O)C2CC2)NC(=O)[C@@H]2C[C@@H](Oc3nccc4cc(OC)c(F)cc34)CN2C(=O)[C@H]1NC(=O)OC(C)(C)C(F)(F)F. The van der Waals surface area contributed by atoms with E-state index in [0.29, 0.717) is 51.3 Å². The van der Waals surface area contributed by atoms with Crippen molar-refractivity contribution in [1.82, 2.24) is 25.2 Å². The minimum atomic E-state index is -4.96. The zero-order chi connectivity index (χ0) is 42.2. The number of sulfonamides is 1. The van der Waals surface area contributed by atoms with E-state index in [-0.39, 0.29) is 49.4 Å². The van der Waals surface area contributed by atoms with Crippen LogP contribution in [0.5, 0.6) is 11.6 Å². The number of fused-ring (bicyclic) bond motifs is 3. The number of carbonyl (C=O) groups is 4. The molecule has 58 heavy (non-hydrogen) atoms. The molecule has 3 N–H and O–H groups in total. The van der Waals surface area contributed by atoms with E-state index >= 15 is 0 Å². The third kappa shape index (κ3) is 9.11. The summed E-state index contributed by atoms with van der Waals surface area (Å²) in [7, 11) is -1.35. The summed E-state index contributed by atoms with van der Waals surface area (Å²) in [6.07, 6.45) is -0.130. The molecular weight excluding hydrogens is 795 g/mol. The largest absolute Gasteiger partial charge is 0.494 e. The number of pyridine rings is 1. The molecule has 1 aromatic heterocycles. The van der Waals surface area contributed by atoms with Gasteiger partial charge in [-0.1, -0.05) is 18.6 Å². The Morgan fingerprint density at radius 2 is 1.84 bits per heavy atom. The van der Waals surface area contributed by atoms with E-state index in [1.807, 2.05) is 6.08 Å². The highest BCUT2D eigenvalue weighted by atomic mass is 32.2. The summed E-state index contributed by atoms with van der Waals surface area (Å²) < 4.78 is 105. The van der Waals surface area contributed by atoms with Gasteiger partial charge in [0, 0.05) is 36.9 Å². The molecular formula is C38H47F4N5O10S. The molecule has 15 nitrogen and oxygen atoms in total. The van der Waals surface area contributed by atoms with Gasteiger partial charge in [-0.3, -0.25) is 19.1 Å². The van der Waals surface area contributed by atoms with Gasteiger partial charge in [0.2, 0.25) is 33.3 Å².